The first-order valence-corrected chi connectivity index (χ1v) is 11.3. The Labute approximate surface area is 168 Å². The Morgan fingerprint density at radius 3 is 2.54 bits per heavy atom. The fourth-order valence-electron chi connectivity index (χ4n) is 5.10. The molecule has 2 heterocycles. The molecule has 2 saturated carbocycles. The molecule has 5 rings (SSSR count). The molecular formula is C23H33N3O2. The van der Waals surface area contributed by atoms with E-state index in [9.17, 15) is 0 Å². The van der Waals surface area contributed by atoms with Crippen LogP contribution in [0.2, 0.25) is 0 Å². The van der Waals surface area contributed by atoms with E-state index in [-0.39, 0.29) is 5.41 Å². The van der Waals surface area contributed by atoms with E-state index in [1.54, 1.807) is 0 Å². The van der Waals surface area contributed by atoms with Crippen molar-refractivity contribution in [1.82, 2.24) is 4.90 Å². The van der Waals surface area contributed by atoms with Crippen LogP contribution < -0.4 is 15.2 Å². The highest BCUT2D eigenvalue weighted by atomic mass is 16.5. The third kappa shape index (κ3) is 3.49. The van der Waals surface area contributed by atoms with E-state index in [1.165, 1.54) is 57.2 Å². The summed E-state index contributed by atoms with van der Waals surface area (Å²) in [4.78, 5) is 7.27. The van der Waals surface area contributed by atoms with Crippen LogP contribution in [-0.2, 0) is 5.41 Å². The molecule has 152 valence electrons. The van der Waals surface area contributed by atoms with Gasteiger partial charge in [0.25, 0.3) is 0 Å². The van der Waals surface area contributed by atoms with Gasteiger partial charge in [-0.1, -0.05) is 12.8 Å². The number of likely N-dealkylation sites (tertiary alicyclic amines) is 1. The van der Waals surface area contributed by atoms with Crippen LogP contribution in [0.3, 0.4) is 0 Å². The molecule has 0 atom stereocenters. The predicted molar refractivity (Wildman–Crippen MR) is 112 cm³/mol. The Hall–Kier alpha value is -1.75. The van der Waals surface area contributed by atoms with Crippen LogP contribution >= 0.6 is 0 Å². The van der Waals surface area contributed by atoms with Crippen molar-refractivity contribution in [3.8, 4) is 11.5 Å². The average molecular weight is 384 g/mol. The van der Waals surface area contributed by atoms with Gasteiger partial charge in [-0.15, -0.1) is 0 Å². The molecule has 0 unspecified atom stereocenters. The smallest absolute Gasteiger partial charge is 0.163 e. The Morgan fingerprint density at radius 1 is 1.04 bits per heavy atom. The van der Waals surface area contributed by atoms with E-state index in [0.717, 1.165) is 68.0 Å². The zero-order valence-electron chi connectivity index (χ0n) is 16.9. The van der Waals surface area contributed by atoms with Gasteiger partial charge >= 0.3 is 0 Å². The van der Waals surface area contributed by atoms with Gasteiger partial charge < -0.3 is 20.1 Å². The number of benzene rings is 1. The molecule has 0 aromatic heterocycles. The maximum absolute atomic E-state index is 6.41. The highest BCUT2D eigenvalue weighted by Crippen LogP contribution is 2.52. The lowest BCUT2D eigenvalue weighted by Gasteiger charge is -2.25. The monoisotopic (exact) mass is 383 g/mol. The lowest BCUT2D eigenvalue weighted by Crippen LogP contribution is -2.35. The normalized spacial score (nSPS) is 23.2. The third-order valence-corrected chi connectivity index (χ3v) is 7.01. The van der Waals surface area contributed by atoms with E-state index in [2.05, 4.69) is 17.0 Å². The van der Waals surface area contributed by atoms with Crippen LogP contribution in [0.15, 0.2) is 17.1 Å². The number of hydrogen-bond donors (Lipinski definition) is 1. The van der Waals surface area contributed by atoms with Gasteiger partial charge in [-0.25, -0.2) is 4.99 Å². The van der Waals surface area contributed by atoms with Gasteiger partial charge in [0.15, 0.2) is 11.5 Å². The first-order chi connectivity index (χ1) is 13.7. The Balaban J connectivity index is 1.32. The molecule has 1 saturated heterocycles. The van der Waals surface area contributed by atoms with Crippen LogP contribution in [0.1, 0.15) is 63.4 Å². The van der Waals surface area contributed by atoms with Gasteiger partial charge in [0, 0.05) is 12.6 Å². The van der Waals surface area contributed by atoms with Crippen molar-refractivity contribution in [3.63, 3.8) is 0 Å². The number of rotatable bonds is 8. The molecule has 28 heavy (non-hydrogen) atoms. The van der Waals surface area contributed by atoms with Crippen molar-refractivity contribution in [3.05, 3.63) is 17.7 Å². The minimum atomic E-state index is -0.0543. The van der Waals surface area contributed by atoms with Crippen molar-refractivity contribution in [2.24, 2.45) is 16.6 Å². The summed E-state index contributed by atoms with van der Waals surface area (Å²) in [6.07, 6.45) is 11.0. The summed E-state index contributed by atoms with van der Waals surface area (Å²) in [5.74, 6) is 3.24. The molecule has 0 radical (unpaired) electrons. The maximum Gasteiger partial charge on any atom is 0.163 e. The topological polar surface area (TPSA) is 60.1 Å². The highest BCUT2D eigenvalue weighted by molar-refractivity contribution is 6.00. The number of nitrogens with two attached hydrogens (primary N) is 1. The lowest BCUT2D eigenvalue weighted by molar-refractivity contribution is 0.240. The molecule has 3 fully saturated rings. The average Bonchev–Trinajstić information content (AvgIpc) is 3.09. The van der Waals surface area contributed by atoms with Gasteiger partial charge in [-0.05, 0) is 75.6 Å². The van der Waals surface area contributed by atoms with Crippen molar-refractivity contribution in [2.45, 2.75) is 63.2 Å². The Bertz CT molecular complexity index is 744. The van der Waals surface area contributed by atoms with E-state index in [4.69, 9.17) is 20.2 Å². The van der Waals surface area contributed by atoms with Crippen LogP contribution in [0.4, 0.5) is 5.69 Å². The fraction of sp³-hybridized carbons (Fsp3) is 0.696. The maximum atomic E-state index is 6.41. The van der Waals surface area contributed by atoms with Crippen LogP contribution in [0.25, 0.3) is 0 Å². The molecule has 5 heteroatoms. The molecule has 4 aliphatic rings. The SMILES string of the molecule is NC1=Nc2cc(OCCCN3CCCC3)c(OCC3CC3)cc2C12CCCC2. The quantitative estimate of drug-likeness (QED) is 0.685. The summed E-state index contributed by atoms with van der Waals surface area (Å²) in [7, 11) is 0. The number of fused-ring (bicyclic) bond motifs is 2. The second-order valence-corrected chi connectivity index (χ2v) is 9.11. The van der Waals surface area contributed by atoms with Gasteiger partial charge in [-0.3, -0.25) is 0 Å². The van der Waals surface area contributed by atoms with Crippen molar-refractivity contribution in [2.75, 3.05) is 32.8 Å². The van der Waals surface area contributed by atoms with E-state index in [1.807, 2.05) is 0 Å². The molecule has 1 spiro atoms. The number of ether oxygens (including phenoxy) is 2. The molecular weight excluding hydrogens is 350 g/mol. The molecule has 5 nitrogen and oxygen atoms in total. The summed E-state index contributed by atoms with van der Waals surface area (Å²) in [6.45, 7) is 5.12. The molecule has 2 aliphatic heterocycles. The highest BCUT2D eigenvalue weighted by Gasteiger charge is 2.45. The van der Waals surface area contributed by atoms with Crippen molar-refractivity contribution >= 4 is 11.5 Å². The zero-order chi connectivity index (χ0) is 19.0. The van der Waals surface area contributed by atoms with Crippen LogP contribution in [-0.4, -0.2) is 43.6 Å². The zero-order valence-corrected chi connectivity index (χ0v) is 16.9. The summed E-state index contributed by atoms with van der Waals surface area (Å²) >= 11 is 0. The molecule has 1 aromatic rings. The predicted octanol–water partition coefficient (Wildman–Crippen LogP) is 4.15. The minimum Gasteiger partial charge on any atom is -0.490 e. The Kier molecular flexibility index (Phi) is 4.95. The largest absolute Gasteiger partial charge is 0.490 e. The second kappa shape index (κ2) is 7.58. The first-order valence-electron chi connectivity index (χ1n) is 11.3. The summed E-state index contributed by atoms with van der Waals surface area (Å²) in [6, 6.07) is 4.27. The van der Waals surface area contributed by atoms with E-state index >= 15 is 0 Å². The number of hydrogen-bond acceptors (Lipinski definition) is 5. The number of aliphatic imine (C=N–C) groups is 1. The minimum absolute atomic E-state index is 0.0543. The molecule has 0 amide bonds. The van der Waals surface area contributed by atoms with Crippen LogP contribution in [0.5, 0.6) is 11.5 Å². The van der Waals surface area contributed by atoms with Gasteiger partial charge in [0.2, 0.25) is 0 Å². The van der Waals surface area contributed by atoms with Crippen molar-refractivity contribution < 1.29 is 9.47 Å². The molecule has 2 aliphatic carbocycles. The lowest BCUT2D eigenvalue weighted by atomic mass is 9.79. The summed E-state index contributed by atoms with van der Waals surface area (Å²) in [5, 5.41) is 0. The molecule has 1 aromatic carbocycles. The fourth-order valence-corrected chi connectivity index (χ4v) is 5.10. The second-order valence-electron chi connectivity index (χ2n) is 9.11. The number of nitrogens with zero attached hydrogens (tertiary/aromatic N) is 2. The van der Waals surface area contributed by atoms with Gasteiger partial charge in [0.1, 0.15) is 5.84 Å². The summed E-state index contributed by atoms with van der Waals surface area (Å²) < 4.78 is 12.4. The molecule has 2 N–H and O–H groups in total. The van der Waals surface area contributed by atoms with Crippen LogP contribution in [0, 0.1) is 5.92 Å². The third-order valence-electron chi connectivity index (χ3n) is 7.01. The van der Waals surface area contributed by atoms with Gasteiger partial charge in [-0.2, -0.15) is 0 Å². The van der Waals surface area contributed by atoms with E-state index in [0.29, 0.717) is 0 Å². The van der Waals surface area contributed by atoms with Gasteiger partial charge in [0.05, 0.1) is 24.3 Å². The molecule has 0 bridgehead atoms. The van der Waals surface area contributed by atoms with Crippen molar-refractivity contribution in [1.29, 1.82) is 0 Å². The first kappa shape index (κ1) is 18.3. The number of amidine groups is 1. The summed E-state index contributed by atoms with van der Waals surface area (Å²) in [5.41, 5.74) is 8.61. The van der Waals surface area contributed by atoms with E-state index < -0.39 is 0 Å². The Morgan fingerprint density at radius 2 is 1.79 bits per heavy atom. The standard InChI is InChI=1S/C23H33N3O2/c24-22-23(8-1-2-9-23)18-14-20(28-16-17-6-7-17)21(15-19(18)25-22)27-13-5-12-26-10-3-4-11-26/h14-15,17H,1-13,16H2,(H2,24,25).